The summed E-state index contributed by atoms with van der Waals surface area (Å²) in [7, 11) is 0. The number of rotatable bonds is 3. The van der Waals surface area contributed by atoms with E-state index in [1.54, 1.807) is 30.3 Å². The summed E-state index contributed by atoms with van der Waals surface area (Å²) in [5.74, 6) is -0.282. The Hall–Kier alpha value is -2.56. The fraction of sp³-hybridized carbons (Fsp3) is 0.294. The van der Waals surface area contributed by atoms with Crippen molar-refractivity contribution in [2.45, 2.75) is 33.2 Å². The van der Waals surface area contributed by atoms with Crippen LogP contribution in [0.15, 0.2) is 42.7 Å². The highest BCUT2D eigenvalue weighted by molar-refractivity contribution is 6.04. The number of carbonyl (C=O) groups is 2. The summed E-state index contributed by atoms with van der Waals surface area (Å²) in [6, 6.07) is 8.80. The molecule has 1 aromatic carbocycles. The average molecular weight is 299 g/mol. The first-order chi connectivity index (χ1) is 10.3. The van der Waals surface area contributed by atoms with Gasteiger partial charge in [0, 0.05) is 36.2 Å². The number of anilines is 2. The van der Waals surface area contributed by atoms with Crippen LogP contribution in [0.25, 0.3) is 0 Å². The molecule has 2 amide bonds. The highest BCUT2D eigenvalue weighted by Gasteiger charge is 2.15. The van der Waals surface area contributed by atoms with Crippen molar-refractivity contribution in [2.75, 3.05) is 10.6 Å². The predicted octanol–water partition coefficient (Wildman–Crippen LogP) is 3.45. The van der Waals surface area contributed by atoms with E-state index < -0.39 is 0 Å². The lowest BCUT2D eigenvalue weighted by atomic mass is 10.1. The molecule has 0 aliphatic heterocycles. The van der Waals surface area contributed by atoms with Crippen LogP contribution in [-0.2, 0) is 10.3 Å². The summed E-state index contributed by atoms with van der Waals surface area (Å²) in [6.45, 7) is 7.69. The minimum absolute atomic E-state index is 0.0570. The van der Waals surface area contributed by atoms with Crippen LogP contribution >= 0.6 is 0 Å². The van der Waals surface area contributed by atoms with Crippen LogP contribution in [0.4, 0.5) is 11.4 Å². The number of nitrogens with zero attached hydrogens (tertiary/aromatic N) is 1. The lowest BCUT2D eigenvalue weighted by Gasteiger charge is -2.20. The normalized spacial score (nSPS) is 11.1. The third kappa shape index (κ3) is 3.97. The number of carbonyl (C=O) groups excluding carboxylic acids is 2. The Morgan fingerprint density at radius 3 is 1.95 bits per heavy atom. The fourth-order valence-electron chi connectivity index (χ4n) is 1.99. The van der Waals surface area contributed by atoms with E-state index in [4.69, 9.17) is 0 Å². The molecule has 0 atom stereocenters. The summed E-state index contributed by atoms with van der Waals surface area (Å²) >= 11 is 0. The minimum Gasteiger partial charge on any atom is -0.348 e. The van der Waals surface area contributed by atoms with Crippen molar-refractivity contribution in [2.24, 2.45) is 0 Å². The van der Waals surface area contributed by atoms with Gasteiger partial charge in [0.05, 0.1) is 5.56 Å². The Bertz CT molecular complexity index is 679. The van der Waals surface area contributed by atoms with E-state index in [1.165, 1.54) is 6.92 Å². The zero-order valence-electron chi connectivity index (χ0n) is 13.3. The van der Waals surface area contributed by atoms with Crippen LogP contribution in [-0.4, -0.2) is 16.4 Å². The second-order valence-corrected chi connectivity index (χ2v) is 6.19. The molecule has 0 saturated carbocycles. The molecule has 1 aromatic heterocycles. The van der Waals surface area contributed by atoms with Crippen molar-refractivity contribution >= 4 is 23.2 Å². The van der Waals surface area contributed by atoms with E-state index in [0.717, 1.165) is 0 Å². The molecule has 0 saturated heterocycles. The molecule has 2 aromatic rings. The van der Waals surface area contributed by atoms with Gasteiger partial charge in [-0.05, 0) is 51.1 Å². The quantitative estimate of drug-likeness (QED) is 0.911. The van der Waals surface area contributed by atoms with Gasteiger partial charge in [0.1, 0.15) is 0 Å². The lowest BCUT2D eigenvalue weighted by molar-refractivity contribution is -0.114. The molecular weight excluding hydrogens is 278 g/mol. The fourth-order valence-corrected chi connectivity index (χ4v) is 1.99. The Labute approximate surface area is 130 Å². The summed E-state index contributed by atoms with van der Waals surface area (Å²) in [5, 5.41) is 5.52. The summed E-state index contributed by atoms with van der Waals surface area (Å²) in [5.41, 5.74) is 1.94. The number of benzene rings is 1. The van der Waals surface area contributed by atoms with Crippen molar-refractivity contribution in [1.82, 2.24) is 4.57 Å². The Morgan fingerprint density at radius 1 is 0.955 bits per heavy atom. The van der Waals surface area contributed by atoms with Gasteiger partial charge in [0.25, 0.3) is 5.91 Å². The highest BCUT2D eigenvalue weighted by Crippen LogP contribution is 2.18. The van der Waals surface area contributed by atoms with Crippen molar-refractivity contribution in [3.8, 4) is 0 Å². The van der Waals surface area contributed by atoms with Crippen molar-refractivity contribution in [1.29, 1.82) is 0 Å². The second-order valence-electron chi connectivity index (χ2n) is 6.19. The molecule has 0 spiro atoms. The summed E-state index contributed by atoms with van der Waals surface area (Å²) in [4.78, 5) is 23.2. The molecule has 116 valence electrons. The topological polar surface area (TPSA) is 63.1 Å². The standard InChI is InChI=1S/C17H21N3O2/c1-12(21)18-14-5-7-15(8-6-14)19-16(22)13-9-10-20(11-13)17(2,3)4/h5-11H,1-4H3,(H,18,21)(H,19,22). The van der Waals surface area contributed by atoms with Crippen molar-refractivity contribution in [3.63, 3.8) is 0 Å². The third-order valence-corrected chi connectivity index (χ3v) is 3.19. The average Bonchev–Trinajstić information content (AvgIpc) is 2.90. The van der Waals surface area contributed by atoms with Gasteiger partial charge in [-0.15, -0.1) is 0 Å². The smallest absolute Gasteiger partial charge is 0.257 e. The second kappa shape index (κ2) is 6.05. The first kappa shape index (κ1) is 15.8. The Balaban J connectivity index is 2.05. The highest BCUT2D eigenvalue weighted by atomic mass is 16.2. The van der Waals surface area contributed by atoms with Gasteiger partial charge in [-0.3, -0.25) is 9.59 Å². The monoisotopic (exact) mass is 299 g/mol. The van der Waals surface area contributed by atoms with E-state index in [9.17, 15) is 9.59 Å². The Morgan fingerprint density at radius 2 is 1.50 bits per heavy atom. The molecule has 5 heteroatoms. The molecule has 2 rings (SSSR count). The minimum atomic E-state index is -0.157. The van der Waals surface area contributed by atoms with Gasteiger partial charge >= 0.3 is 0 Å². The molecule has 22 heavy (non-hydrogen) atoms. The largest absolute Gasteiger partial charge is 0.348 e. The van der Waals surface area contributed by atoms with E-state index in [0.29, 0.717) is 16.9 Å². The molecule has 5 nitrogen and oxygen atoms in total. The van der Waals surface area contributed by atoms with Gasteiger partial charge < -0.3 is 15.2 Å². The van der Waals surface area contributed by atoms with Crippen LogP contribution in [0.1, 0.15) is 38.1 Å². The molecule has 1 heterocycles. The number of amides is 2. The first-order valence-corrected chi connectivity index (χ1v) is 7.13. The first-order valence-electron chi connectivity index (χ1n) is 7.13. The molecular formula is C17H21N3O2. The molecule has 0 radical (unpaired) electrons. The number of hydrogen-bond donors (Lipinski definition) is 2. The molecule has 2 N–H and O–H groups in total. The summed E-state index contributed by atoms with van der Waals surface area (Å²) in [6.07, 6.45) is 3.73. The van der Waals surface area contributed by atoms with E-state index in [-0.39, 0.29) is 17.4 Å². The Kier molecular flexibility index (Phi) is 4.35. The molecule has 0 bridgehead atoms. The molecule has 0 unspecified atom stereocenters. The van der Waals surface area contributed by atoms with Gasteiger partial charge in [0.15, 0.2) is 0 Å². The van der Waals surface area contributed by atoms with Crippen LogP contribution in [0.2, 0.25) is 0 Å². The van der Waals surface area contributed by atoms with Gasteiger partial charge in [-0.1, -0.05) is 0 Å². The molecule has 0 aliphatic rings. The lowest BCUT2D eigenvalue weighted by Crippen LogP contribution is -2.20. The maximum Gasteiger partial charge on any atom is 0.257 e. The van der Waals surface area contributed by atoms with E-state index in [1.807, 2.05) is 17.0 Å². The van der Waals surface area contributed by atoms with Crippen molar-refractivity contribution < 1.29 is 9.59 Å². The predicted molar refractivity (Wildman–Crippen MR) is 88.1 cm³/mol. The van der Waals surface area contributed by atoms with Gasteiger partial charge in [-0.2, -0.15) is 0 Å². The maximum atomic E-state index is 12.2. The molecule has 0 fully saturated rings. The van der Waals surface area contributed by atoms with E-state index >= 15 is 0 Å². The van der Waals surface area contributed by atoms with Crippen LogP contribution in [0, 0.1) is 0 Å². The van der Waals surface area contributed by atoms with Gasteiger partial charge in [-0.25, -0.2) is 0 Å². The molecule has 0 aliphatic carbocycles. The van der Waals surface area contributed by atoms with Crippen LogP contribution in [0.3, 0.4) is 0 Å². The van der Waals surface area contributed by atoms with Crippen molar-refractivity contribution in [3.05, 3.63) is 48.3 Å². The van der Waals surface area contributed by atoms with Crippen LogP contribution in [0.5, 0.6) is 0 Å². The third-order valence-electron chi connectivity index (χ3n) is 3.19. The number of aromatic nitrogens is 1. The van der Waals surface area contributed by atoms with Gasteiger partial charge in [0.2, 0.25) is 5.91 Å². The maximum absolute atomic E-state index is 12.2. The summed E-state index contributed by atoms with van der Waals surface area (Å²) < 4.78 is 2.00. The number of hydrogen-bond acceptors (Lipinski definition) is 2. The van der Waals surface area contributed by atoms with E-state index in [2.05, 4.69) is 31.4 Å². The number of nitrogens with one attached hydrogen (secondary N) is 2. The zero-order valence-corrected chi connectivity index (χ0v) is 13.3. The SMILES string of the molecule is CC(=O)Nc1ccc(NC(=O)c2ccn(C(C)(C)C)c2)cc1. The van der Waals surface area contributed by atoms with Crippen LogP contribution < -0.4 is 10.6 Å². The zero-order chi connectivity index (χ0) is 16.3.